The van der Waals surface area contributed by atoms with Gasteiger partial charge in [-0.2, -0.15) is 0 Å². The van der Waals surface area contributed by atoms with E-state index in [2.05, 4.69) is 47.2 Å². The number of thiocarbonyl (C=S) groups is 1. The van der Waals surface area contributed by atoms with Crippen LogP contribution in [0.5, 0.6) is 0 Å². The molecule has 0 saturated heterocycles. The fourth-order valence-corrected chi connectivity index (χ4v) is 5.34. The Morgan fingerprint density at radius 1 is 1.10 bits per heavy atom. The molecule has 1 aromatic carbocycles. The zero-order chi connectivity index (χ0) is 20.4. The van der Waals surface area contributed by atoms with E-state index in [0.29, 0.717) is 18.6 Å². The number of nitrogens with one attached hydrogen (secondary N) is 2. The van der Waals surface area contributed by atoms with Gasteiger partial charge >= 0.3 is 0 Å². The van der Waals surface area contributed by atoms with Gasteiger partial charge in [0.1, 0.15) is 0 Å². The summed E-state index contributed by atoms with van der Waals surface area (Å²) in [5, 5.41) is 5.57. The molecule has 2 fully saturated rings. The summed E-state index contributed by atoms with van der Waals surface area (Å²) in [6.07, 6.45) is 11.1. The lowest BCUT2D eigenvalue weighted by molar-refractivity contribution is 0.292. The van der Waals surface area contributed by atoms with E-state index in [1.165, 1.54) is 50.5 Å². The predicted octanol–water partition coefficient (Wildman–Crippen LogP) is 5.10. The van der Waals surface area contributed by atoms with Crippen molar-refractivity contribution in [2.75, 3.05) is 0 Å². The van der Waals surface area contributed by atoms with E-state index in [-0.39, 0.29) is 5.56 Å². The van der Waals surface area contributed by atoms with E-state index in [1.54, 1.807) is 0 Å². The summed E-state index contributed by atoms with van der Waals surface area (Å²) in [4.78, 5) is 18.4. The second kappa shape index (κ2) is 8.86. The van der Waals surface area contributed by atoms with Crippen LogP contribution in [0.1, 0.15) is 74.5 Å². The number of benzene rings is 1. The van der Waals surface area contributed by atoms with Gasteiger partial charge < -0.3 is 15.2 Å². The SMILES string of the molecule is Cc1ccc2cc(CN(C(=S)NC3CCCCC3)C3CCCC3)c(=O)[nH]c2c1C. The number of fused-ring (bicyclic) bond motifs is 1. The van der Waals surface area contributed by atoms with Gasteiger partial charge in [0.15, 0.2) is 5.11 Å². The molecular weight excluding hydrogens is 378 g/mol. The Morgan fingerprint density at radius 2 is 1.79 bits per heavy atom. The normalized spacial score (nSPS) is 18.3. The first-order valence-electron chi connectivity index (χ1n) is 11.2. The molecule has 4 nitrogen and oxygen atoms in total. The third kappa shape index (κ3) is 4.50. The lowest BCUT2D eigenvalue weighted by Crippen LogP contribution is -2.49. The summed E-state index contributed by atoms with van der Waals surface area (Å²) in [7, 11) is 0. The van der Waals surface area contributed by atoms with Crippen LogP contribution in [0.4, 0.5) is 0 Å². The van der Waals surface area contributed by atoms with E-state index in [4.69, 9.17) is 12.2 Å². The van der Waals surface area contributed by atoms with E-state index in [0.717, 1.165) is 40.0 Å². The number of aromatic nitrogens is 1. The van der Waals surface area contributed by atoms with E-state index in [9.17, 15) is 4.79 Å². The lowest BCUT2D eigenvalue weighted by atomic mass is 9.96. The number of H-pyrrole nitrogens is 1. The summed E-state index contributed by atoms with van der Waals surface area (Å²) in [5.74, 6) is 0. The van der Waals surface area contributed by atoms with Crippen molar-refractivity contribution in [3.63, 3.8) is 0 Å². The third-order valence-corrected chi connectivity index (χ3v) is 7.28. The number of aryl methyl sites for hydroxylation is 2. The Kier molecular flexibility index (Phi) is 6.23. The number of pyridine rings is 1. The maximum Gasteiger partial charge on any atom is 0.253 e. The van der Waals surface area contributed by atoms with Crippen LogP contribution in [0.2, 0.25) is 0 Å². The van der Waals surface area contributed by atoms with Crippen LogP contribution in [-0.4, -0.2) is 27.1 Å². The second-order valence-electron chi connectivity index (χ2n) is 8.95. The molecule has 0 amide bonds. The zero-order valence-electron chi connectivity index (χ0n) is 17.7. The maximum absolute atomic E-state index is 12.9. The summed E-state index contributed by atoms with van der Waals surface area (Å²) in [6, 6.07) is 7.22. The summed E-state index contributed by atoms with van der Waals surface area (Å²) >= 11 is 5.87. The largest absolute Gasteiger partial charge is 0.360 e. The first-order valence-corrected chi connectivity index (χ1v) is 11.6. The zero-order valence-corrected chi connectivity index (χ0v) is 18.5. The molecule has 29 heavy (non-hydrogen) atoms. The van der Waals surface area contributed by atoms with Gasteiger partial charge in [0.2, 0.25) is 0 Å². The monoisotopic (exact) mass is 411 g/mol. The molecule has 156 valence electrons. The number of rotatable bonds is 4. The fraction of sp³-hybridized carbons (Fsp3) is 0.583. The number of hydrogen-bond acceptors (Lipinski definition) is 2. The molecule has 2 aliphatic rings. The molecule has 2 aromatic rings. The van der Waals surface area contributed by atoms with E-state index < -0.39 is 0 Å². The van der Waals surface area contributed by atoms with Crippen molar-refractivity contribution in [1.82, 2.24) is 15.2 Å². The minimum absolute atomic E-state index is 0.00895. The second-order valence-corrected chi connectivity index (χ2v) is 9.33. The van der Waals surface area contributed by atoms with Crippen molar-refractivity contribution < 1.29 is 0 Å². The van der Waals surface area contributed by atoms with Gasteiger partial charge in [0, 0.05) is 17.6 Å². The quantitative estimate of drug-likeness (QED) is 0.688. The van der Waals surface area contributed by atoms with Crippen molar-refractivity contribution in [2.24, 2.45) is 0 Å². The molecule has 0 atom stereocenters. The smallest absolute Gasteiger partial charge is 0.253 e. The first kappa shape index (κ1) is 20.4. The molecule has 5 heteroatoms. The van der Waals surface area contributed by atoms with E-state index in [1.807, 2.05) is 0 Å². The molecule has 0 unspecified atom stereocenters. The Labute approximate surface area is 179 Å². The highest BCUT2D eigenvalue weighted by atomic mass is 32.1. The van der Waals surface area contributed by atoms with Crippen molar-refractivity contribution in [3.05, 3.63) is 45.2 Å². The molecule has 0 radical (unpaired) electrons. The summed E-state index contributed by atoms with van der Waals surface area (Å²) < 4.78 is 0. The lowest BCUT2D eigenvalue weighted by Gasteiger charge is -2.34. The van der Waals surface area contributed by atoms with Crippen molar-refractivity contribution >= 4 is 28.2 Å². The van der Waals surface area contributed by atoms with Gasteiger partial charge in [-0.1, -0.05) is 44.2 Å². The molecule has 0 aliphatic heterocycles. The van der Waals surface area contributed by atoms with Crippen LogP contribution < -0.4 is 10.9 Å². The molecule has 2 N–H and O–H groups in total. The minimum atomic E-state index is 0.00895. The molecule has 2 aliphatic carbocycles. The molecular formula is C24H33N3OS. The Balaban J connectivity index is 1.60. The van der Waals surface area contributed by atoms with Crippen LogP contribution in [-0.2, 0) is 6.54 Å². The highest BCUT2D eigenvalue weighted by Crippen LogP contribution is 2.26. The highest BCUT2D eigenvalue weighted by molar-refractivity contribution is 7.80. The molecule has 1 heterocycles. The standard InChI is InChI=1S/C24H33N3OS/c1-16-12-13-18-14-19(23(28)26-22(18)17(16)2)15-27(21-10-6-7-11-21)24(29)25-20-8-4-3-5-9-20/h12-14,20-21H,3-11,15H2,1-2H3,(H,25,29)(H,26,28). The van der Waals surface area contributed by atoms with Crippen molar-refractivity contribution in [2.45, 2.75) is 90.3 Å². The van der Waals surface area contributed by atoms with Gasteiger partial charge in [0.25, 0.3) is 5.56 Å². The minimum Gasteiger partial charge on any atom is -0.360 e. The van der Waals surface area contributed by atoms with Gasteiger partial charge in [-0.05, 0) is 74.3 Å². The first-order chi connectivity index (χ1) is 14.0. The molecule has 4 rings (SSSR count). The Morgan fingerprint density at radius 3 is 2.52 bits per heavy atom. The molecule has 0 spiro atoms. The maximum atomic E-state index is 12.9. The fourth-order valence-electron chi connectivity index (χ4n) is 4.96. The van der Waals surface area contributed by atoms with Crippen molar-refractivity contribution in [3.8, 4) is 0 Å². The Bertz CT molecular complexity index is 939. The summed E-state index contributed by atoms with van der Waals surface area (Å²) in [5.41, 5.74) is 4.11. The average Bonchev–Trinajstić information content (AvgIpc) is 3.25. The van der Waals surface area contributed by atoms with Gasteiger partial charge in [-0.25, -0.2) is 0 Å². The highest BCUT2D eigenvalue weighted by Gasteiger charge is 2.27. The van der Waals surface area contributed by atoms with Crippen molar-refractivity contribution in [1.29, 1.82) is 0 Å². The Hall–Kier alpha value is -1.88. The van der Waals surface area contributed by atoms with Gasteiger partial charge in [-0.3, -0.25) is 4.79 Å². The topological polar surface area (TPSA) is 48.1 Å². The predicted molar refractivity (Wildman–Crippen MR) is 124 cm³/mol. The summed E-state index contributed by atoms with van der Waals surface area (Å²) in [6.45, 7) is 4.74. The van der Waals surface area contributed by atoms with E-state index >= 15 is 0 Å². The molecule has 2 saturated carbocycles. The van der Waals surface area contributed by atoms with Crippen LogP contribution in [0, 0.1) is 13.8 Å². The van der Waals surface area contributed by atoms with Gasteiger partial charge in [0.05, 0.1) is 12.1 Å². The third-order valence-electron chi connectivity index (χ3n) is 6.93. The number of nitrogens with zero attached hydrogens (tertiary/aromatic N) is 1. The average molecular weight is 412 g/mol. The van der Waals surface area contributed by atoms with Gasteiger partial charge in [-0.15, -0.1) is 0 Å². The number of aromatic amines is 1. The molecule has 0 bridgehead atoms. The van der Waals surface area contributed by atoms with Crippen LogP contribution in [0.25, 0.3) is 10.9 Å². The van der Waals surface area contributed by atoms with Crippen LogP contribution in [0.3, 0.4) is 0 Å². The van der Waals surface area contributed by atoms with Crippen LogP contribution >= 0.6 is 12.2 Å². The number of hydrogen-bond donors (Lipinski definition) is 2. The molecule has 1 aromatic heterocycles. The van der Waals surface area contributed by atoms with Crippen LogP contribution in [0.15, 0.2) is 23.0 Å².